The molecule has 0 heterocycles. The van der Waals surface area contributed by atoms with Gasteiger partial charge in [0, 0.05) is 9.52 Å². The third-order valence-corrected chi connectivity index (χ3v) is 2.41. The molecule has 0 N–H and O–H groups in total. The third-order valence-electron chi connectivity index (χ3n) is 0.803. The first-order valence-corrected chi connectivity index (χ1v) is 4.39. The van der Waals surface area contributed by atoms with Gasteiger partial charge in [-0.3, -0.25) is 0 Å². The van der Waals surface area contributed by atoms with Gasteiger partial charge in [0.25, 0.3) is 0 Å². The molecule has 0 unspecified atom stereocenters. The summed E-state index contributed by atoms with van der Waals surface area (Å²) in [6.45, 7) is 6.81. The predicted molar refractivity (Wildman–Crippen MR) is 35.9 cm³/mol. The van der Waals surface area contributed by atoms with Gasteiger partial charge in [-0.2, -0.15) is 0 Å². The van der Waals surface area contributed by atoms with E-state index in [4.69, 9.17) is 0 Å². The van der Waals surface area contributed by atoms with E-state index in [9.17, 15) is 0 Å². The van der Waals surface area contributed by atoms with Gasteiger partial charge in [0.1, 0.15) is 0 Å². The van der Waals surface area contributed by atoms with Crippen molar-refractivity contribution in [3.8, 4) is 0 Å². The summed E-state index contributed by atoms with van der Waals surface area (Å²) in [5.74, 6) is 0.915. The largest absolute Gasteiger partial charge is 0.0682 e. The van der Waals surface area contributed by atoms with Crippen LogP contribution in [0.15, 0.2) is 0 Å². The van der Waals surface area contributed by atoms with Gasteiger partial charge in [-0.25, -0.2) is 0 Å². The molecular weight excluding hydrogens is 100 g/mol. The Labute approximate surface area is 49.1 Å². The second-order valence-corrected chi connectivity index (χ2v) is 3.82. The Morgan fingerprint density at radius 3 is 2.14 bits per heavy atom. The van der Waals surface area contributed by atoms with Gasteiger partial charge in [-0.1, -0.05) is 32.9 Å². The van der Waals surface area contributed by atoms with Crippen molar-refractivity contribution in [3.63, 3.8) is 0 Å². The highest BCUT2D eigenvalue weighted by Crippen LogP contribution is 1.98. The molecule has 0 aliphatic rings. The number of rotatable bonds is 3. The van der Waals surface area contributed by atoms with Crippen molar-refractivity contribution in [1.29, 1.82) is 0 Å². The minimum atomic E-state index is 0.915. The Morgan fingerprint density at radius 1 is 1.43 bits per heavy atom. The molecule has 0 aromatic carbocycles. The maximum Gasteiger partial charge on any atom is 0.0377 e. The summed E-state index contributed by atoms with van der Waals surface area (Å²) in [6, 6.07) is 2.80. The van der Waals surface area contributed by atoms with Gasteiger partial charge >= 0.3 is 0 Å². The Bertz CT molecular complexity index is 33.2. The van der Waals surface area contributed by atoms with Crippen molar-refractivity contribution in [2.45, 2.75) is 32.9 Å². The van der Waals surface area contributed by atoms with Gasteiger partial charge in [0.15, 0.2) is 0 Å². The molecule has 0 saturated carbocycles. The molecule has 0 aromatic heterocycles. The fourth-order valence-electron chi connectivity index (χ4n) is 0.433. The Hall–Kier alpha value is 0.217. The average molecular weight is 114 g/mol. The second kappa shape index (κ2) is 4.38. The van der Waals surface area contributed by atoms with Crippen LogP contribution in [0.2, 0.25) is 12.1 Å². The van der Waals surface area contributed by atoms with Gasteiger partial charge in [0.05, 0.1) is 0 Å². The van der Waals surface area contributed by atoms with Crippen molar-refractivity contribution in [2.75, 3.05) is 0 Å². The summed E-state index contributed by atoms with van der Waals surface area (Å²) in [5.41, 5.74) is 0. The molecule has 0 nitrogen and oxygen atoms in total. The van der Waals surface area contributed by atoms with E-state index < -0.39 is 0 Å². The lowest BCUT2D eigenvalue weighted by atomic mass is 10.3. The quantitative estimate of drug-likeness (QED) is 0.493. The summed E-state index contributed by atoms with van der Waals surface area (Å²) in [7, 11) is 1.20. The van der Waals surface area contributed by atoms with Gasteiger partial charge in [-0.15, -0.1) is 0 Å². The maximum absolute atomic E-state index is 2.28. The minimum absolute atomic E-state index is 0.915. The minimum Gasteiger partial charge on any atom is -0.0682 e. The Balaban J connectivity index is 2.68. The number of hydrogen-bond acceptors (Lipinski definition) is 0. The molecule has 0 aliphatic heterocycles. The second-order valence-electron chi connectivity index (χ2n) is 2.20. The van der Waals surface area contributed by atoms with E-state index in [0.29, 0.717) is 0 Å². The lowest BCUT2D eigenvalue weighted by Gasteiger charge is -1.97. The summed E-state index contributed by atoms with van der Waals surface area (Å²) < 4.78 is 0. The zero-order chi connectivity index (χ0) is 5.70. The summed E-state index contributed by atoms with van der Waals surface area (Å²) >= 11 is 0. The van der Waals surface area contributed by atoms with Gasteiger partial charge < -0.3 is 0 Å². The fraction of sp³-hybridized carbons (Fsp3) is 1.00. The lowest BCUT2D eigenvalue weighted by molar-refractivity contribution is 0.730. The lowest BCUT2D eigenvalue weighted by Crippen LogP contribution is -1.92. The van der Waals surface area contributed by atoms with Crippen molar-refractivity contribution in [3.05, 3.63) is 0 Å². The predicted octanol–water partition coefficient (Wildman–Crippen LogP) is 2.20. The van der Waals surface area contributed by atoms with Crippen molar-refractivity contribution < 1.29 is 0 Å². The van der Waals surface area contributed by atoms with Gasteiger partial charge in [-0.05, 0) is 5.92 Å². The summed E-state index contributed by atoms with van der Waals surface area (Å²) in [5, 5.41) is 0. The van der Waals surface area contributed by atoms with Crippen LogP contribution in [0.1, 0.15) is 20.8 Å². The van der Waals surface area contributed by atoms with Crippen LogP contribution in [-0.2, 0) is 0 Å². The molecular formula is C6H14Si. The summed E-state index contributed by atoms with van der Waals surface area (Å²) in [4.78, 5) is 0. The van der Waals surface area contributed by atoms with Crippen LogP contribution >= 0.6 is 0 Å². The van der Waals surface area contributed by atoms with E-state index in [2.05, 4.69) is 20.8 Å². The molecule has 1 heteroatoms. The molecule has 7 heavy (non-hydrogen) atoms. The number of hydrogen-bond donors (Lipinski definition) is 0. The fourth-order valence-corrected chi connectivity index (χ4v) is 1.30. The van der Waals surface area contributed by atoms with Crippen LogP contribution in [0.25, 0.3) is 0 Å². The normalized spacial score (nSPS) is 10.3. The van der Waals surface area contributed by atoms with Crippen LogP contribution in [0, 0.1) is 5.92 Å². The molecule has 0 bridgehead atoms. The molecule has 42 valence electrons. The maximum atomic E-state index is 2.28. The van der Waals surface area contributed by atoms with E-state index in [1.165, 1.54) is 21.6 Å². The highest BCUT2D eigenvalue weighted by Gasteiger charge is 1.89. The molecule has 0 atom stereocenters. The molecule has 0 aromatic rings. The van der Waals surface area contributed by atoms with E-state index in [0.717, 1.165) is 5.92 Å². The first-order valence-electron chi connectivity index (χ1n) is 2.98. The first-order chi connectivity index (χ1) is 3.27. The van der Waals surface area contributed by atoms with Crippen molar-refractivity contribution in [1.82, 2.24) is 0 Å². The topological polar surface area (TPSA) is 0 Å². The SMILES string of the molecule is CC[Si]CC(C)C. The van der Waals surface area contributed by atoms with E-state index in [1.54, 1.807) is 0 Å². The third kappa shape index (κ3) is 6.22. The molecule has 0 spiro atoms. The van der Waals surface area contributed by atoms with E-state index >= 15 is 0 Å². The molecule has 0 rings (SSSR count). The standard InChI is InChI=1S/C6H14Si/c1-4-7-5-6(2)3/h6H,4-5H2,1-3H3. The average Bonchev–Trinajstić information content (AvgIpc) is 1.61. The highest BCUT2D eigenvalue weighted by atomic mass is 28.2. The van der Waals surface area contributed by atoms with Crippen LogP contribution in [0.5, 0.6) is 0 Å². The van der Waals surface area contributed by atoms with Crippen molar-refractivity contribution >= 4 is 9.52 Å². The van der Waals surface area contributed by atoms with Crippen LogP contribution < -0.4 is 0 Å². The molecule has 0 fully saturated rings. The molecule has 0 saturated heterocycles. The Morgan fingerprint density at radius 2 is 2.00 bits per heavy atom. The van der Waals surface area contributed by atoms with E-state index in [-0.39, 0.29) is 0 Å². The summed E-state index contributed by atoms with van der Waals surface area (Å²) in [6.07, 6.45) is 0. The molecule has 0 amide bonds. The zero-order valence-electron chi connectivity index (χ0n) is 5.49. The highest BCUT2D eigenvalue weighted by molar-refractivity contribution is 6.35. The van der Waals surface area contributed by atoms with Crippen LogP contribution in [0.3, 0.4) is 0 Å². The van der Waals surface area contributed by atoms with Crippen LogP contribution in [0.4, 0.5) is 0 Å². The monoisotopic (exact) mass is 114 g/mol. The smallest absolute Gasteiger partial charge is 0.0377 e. The van der Waals surface area contributed by atoms with Crippen LogP contribution in [-0.4, -0.2) is 9.52 Å². The Kier molecular flexibility index (Phi) is 4.51. The molecule has 2 radical (unpaired) electrons. The van der Waals surface area contributed by atoms with E-state index in [1.807, 2.05) is 0 Å². The van der Waals surface area contributed by atoms with Crippen molar-refractivity contribution in [2.24, 2.45) is 5.92 Å². The van der Waals surface area contributed by atoms with Gasteiger partial charge in [0.2, 0.25) is 0 Å². The first kappa shape index (κ1) is 7.22. The molecule has 0 aliphatic carbocycles. The zero-order valence-corrected chi connectivity index (χ0v) is 6.49.